The van der Waals surface area contributed by atoms with Crippen LogP contribution < -0.4 is 15.1 Å². The average Bonchev–Trinajstić information content (AvgIpc) is 3.41. The molecule has 4 rings (SSSR count). The molecule has 5 nitrogen and oxygen atoms in total. The number of nitrogens with one attached hydrogen (secondary N) is 2. The molecule has 0 unspecified atom stereocenters. The van der Waals surface area contributed by atoms with Crippen molar-refractivity contribution in [2.45, 2.75) is 31.7 Å². The van der Waals surface area contributed by atoms with E-state index in [1.54, 1.807) is 17.0 Å². The first-order valence-corrected chi connectivity index (χ1v) is 10.8. The lowest BCUT2D eigenvalue weighted by Gasteiger charge is -2.26. The SMILES string of the molecule is O=C(NC[C@@H](c1ccccc1Cl)[NH+]1CCCC1)c1ccc(N2CCCC2=O)cc1. The molecular weight excluding hydrogens is 386 g/mol. The number of anilines is 1. The molecule has 2 aromatic carbocycles. The number of likely N-dealkylation sites (tertiary alicyclic amines) is 1. The largest absolute Gasteiger partial charge is 0.346 e. The van der Waals surface area contributed by atoms with Gasteiger partial charge >= 0.3 is 0 Å². The van der Waals surface area contributed by atoms with E-state index in [1.807, 2.05) is 30.3 Å². The minimum absolute atomic E-state index is 0.0973. The summed E-state index contributed by atoms with van der Waals surface area (Å²) < 4.78 is 0. The number of rotatable bonds is 6. The van der Waals surface area contributed by atoms with Crippen LogP contribution in [-0.4, -0.2) is 38.0 Å². The van der Waals surface area contributed by atoms with Crippen molar-refractivity contribution >= 4 is 29.1 Å². The predicted octanol–water partition coefficient (Wildman–Crippen LogP) is 2.62. The van der Waals surface area contributed by atoms with Gasteiger partial charge in [0.25, 0.3) is 5.91 Å². The number of carbonyl (C=O) groups is 2. The third-order valence-corrected chi connectivity index (χ3v) is 6.34. The van der Waals surface area contributed by atoms with Crippen LogP contribution in [0.5, 0.6) is 0 Å². The van der Waals surface area contributed by atoms with Gasteiger partial charge in [0.1, 0.15) is 6.04 Å². The second kappa shape index (κ2) is 8.97. The van der Waals surface area contributed by atoms with Crippen LogP contribution in [-0.2, 0) is 4.79 Å². The van der Waals surface area contributed by atoms with Gasteiger partial charge in [-0.25, -0.2) is 0 Å². The zero-order valence-electron chi connectivity index (χ0n) is 16.5. The highest BCUT2D eigenvalue weighted by molar-refractivity contribution is 6.31. The van der Waals surface area contributed by atoms with E-state index in [-0.39, 0.29) is 17.9 Å². The lowest BCUT2D eigenvalue weighted by molar-refractivity contribution is -0.918. The van der Waals surface area contributed by atoms with Crippen LogP contribution >= 0.6 is 11.6 Å². The third kappa shape index (κ3) is 4.46. The van der Waals surface area contributed by atoms with Crippen LogP contribution in [0.4, 0.5) is 5.69 Å². The van der Waals surface area contributed by atoms with E-state index in [0.717, 1.165) is 42.3 Å². The maximum atomic E-state index is 12.7. The summed E-state index contributed by atoms with van der Waals surface area (Å²) in [6.07, 6.45) is 3.91. The molecule has 2 aliphatic rings. The Morgan fingerprint density at radius 3 is 2.45 bits per heavy atom. The monoisotopic (exact) mass is 412 g/mol. The Bertz CT molecular complexity index is 878. The van der Waals surface area contributed by atoms with Crippen LogP contribution in [0.25, 0.3) is 0 Å². The highest BCUT2D eigenvalue weighted by Gasteiger charge is 2.29. The van der Waals surface area contributed by atoms with E-state index in [2.05, 4.69) is 11.4 Å². The smallest absolute Gasteiger partial charge is 0.251 e. The maximum Gasteiger partial charge on any atom is 0.251 e. The Morgan fingerprint density at radius 2 is 1.79 bits per heavy atom. The van der Waals surface area contributed by atoms with Gasteiger partial charge in [-0.3, -0.25) is 9.59 Å². The van der Waals surface area contributed by atoms with Crippen molar-refractivity contribution in [2.75, 3.05) is 31.1 Å². The molecule has 0 aromatic heterocycles. The Hall–Kier alpha value is -2.37. The maximum absolute atomic E-state index is 12.7. The summed E-state index contributed by atoms with van der Waals surface area (Å²) in [4.78, 5) is 27.9. The fourth-order valence-electron chi connectivity index (χ4n) is 4.42. The lowest BCUT2D eigenvalue weighted by atomic mass is 10.0. The first-order chi connectivity index (χ1) is 14.1. The minimum Gasteiger partial charge on any atom is -0.346 e. The van der Waals surface area contributed by atoms with Gasteiger partial charge in [0.2, 0.25) is 5.91 Å². The summed E-state index contributed by atoms with van der Waals surface area (Å²) in [5.41, 5.74) is 2.56. The third-order valence-electron chi connectivity index (χ3n) is 6.00. The number of quaternary nitrogens is 1. The summed E-state index contributed by atoms with van der Waals surface area (Å²) in [7, 11) is 0. The highest BCUT2D eigenvalue weighted by atomic mass is 35.5. The Kier molecular flexibility index (Phi) is 6.16. The zero-order valence-corrected chi connectivity index (χ0v) is 17.3. The molecule has 2 heterocycles. The van der Waals surface area contributed by atoms with Gasteiger partial charge in [-0.2, -0.15) is 0 Å². The van der Waals surface area contributed by atoms with Crippen LogP contribution in [0.2, 0.25) is 5.02 Å². The van der Waals surface area contributed by atoms with Crippen molar-refractivity contribution in [2.24, 2.45) is 0 Å². The summed E-state index contributed by atoms with van der Waals surface area (Å²) in [5.74, 6) is 0.0540. The van der Waals surface area contributed by atoms with Crippen molar-refractivity contribution in [3.63, 3.8) is 0 Å². The molecule has 2 saturated heterocycles. The molecule has 2 fully saturated rings. The standard InChI is InChI=1S/C23H26ClN3O2/c24-20-7-2-1-6-19(20)21(26-13-3-4-14-26)16-25-23(29)17-9-11-18(12-10-17)27-15-5-8-22(27)28/h1-2,6-7,9-12,21H,3-5,8,13-16H2,(H,25,29)/p+1/t21-/m0/s1. The number of nitrogens with zero attached hydrogens (tertiary/aromatic N) is 1. The molecule has 0 aliphatic carbocycles. The molecule has 2 aliphatic heterocycles. The van der Waals surface area contributed by atoms with Crippen LogP contribution in [0.15, 0.2) is 48.5 Å². The Balaban J connectivity index is 1.44. The summed E-state index contributed by atoms with van der Waals surface area (Å²) >= 11 is 6.46. The van der Waals surface area contributed by atoms with Gasteiger partial charge in [0.05, 0.1) is 19.6 Å². The molecule has 1 atom stereocenters. The van der Waals surface area contributed by atoms with Gasteiger partial charge in [-0.05, 0) is 36.8 Å². The van der Waals surface area contributed by atoms with Crippen LogP contribution in [0, 0.1) is 0 Å². The van der Waals surface area contributed by atoms with Crippen molar-refractivity contribution in [3.05, 3.63) is 64.7 Å². The van der Waals surface area contributed by atoms with Crippen LogP contribution in [0.1, 0.15) is 47.6 Å². The van der Waals surface area contributed by atoms with E-state index in [1.165, 1.54) is 17.7 Å². The molecule has 0 bridgehead atoms. The number of hydrogen-bond donors (Lipinski definition) is 2. The number of halogens is 1. The molecule has 0 saturated carbocycles. The first-order valence-electron chi connectivity index (χ1n) is 10.4. The molecular formula is C23H27ClN3O2+. The average molecular weight is 413 g/mol. The molecule has 2 N–H and O–H groups in total. The molecule has 0 radical (unpaired) electrons. The Morgan fingerprint density at radius 1 is 1.07 bits per heavy atom. The van der Waals surface area contributed by atoms with Crippen molar-refractivity contribution in [1.29, 1.82) is 0 Å². The first kappa shape index (κ1) is 19.9. The minimum atomic E-state index is -0.0973. The van der Waals surface area contributed by atoms with E-state index in [9.17, 15) is 9.59 Å². The molecule has 6 heteroatoms. The number of benzene rings is 2. The lowest BCUT2D eigenvalue weighted by Crippen LogP contribution is -3.11. The van der Waals surface area contributed by atoms with Gasteiger partial charge in [0.15, 0.2) is 0 Å². The highest BCUT2D eigenvalue weighted by Crippen LogP contribution is 2.23. The van der Waals surface area contributed by atoms with Crippen molar-refractivity contribution in [1.82, 2.24) is 5.32 Å². The van der Waals surface area contributed by atoms with Gasteiger partial charge in [-0.15, -0.1) is 0 Å². The van der Waals surface area contributed by atoms with Crippen molar-refractivity contribution in [3.8, 4) is 0 Å². The quantitative estimate of drug-likeness (QED) is 0.766. The van der Waals surface area contributed by atoms with Crippen molar-refractivity contribution < 1.29 is 14.5 Å². The number of carbonyl (C=O) groups excluding carboxylic acids is 2. The number of amides is 2. The summed E-state index contributed by atoms with van der Waals surface area (Å²) in [6, 6.07) is 15.4. The summed E-state index contributed by atoms with van der Waals surface area (Å²) in [6.45, 7) is 3.50. The zero-order chi connectivity index (χ0) is 20.2. The molecule has 0 spiro atoms. The fourth-order valence-corrected chi connectivity index (χ4v) is 4.69. The Labute approximate surface area is 176 Å². The normalized spacial score (nSPS) is 18.2. The van der Waals surface area contributed by atoms with E-state index < -0.39 is 0 Å². The van der Waals surface area contributed by atoms with E-state index in [0.29, 0.717) is 18.5 Å². The van der Waals surface area contributed by atoms with E-state index >= 15 is 0 Å². The predicted molar refractivity (Wildman–Crippen MR) is 114 cm³/mol. The summed E-state index contributed by atoms with van der Waals surface area (Å²) in [5, 5.41) is 3.86. The second-order valence-electron chi connectivity index (χ2n) is 7.85. The van der Waals surface area contributed by atoms with Gasteiger partial charge < -0.3 is 15.1 Å². The number of hydrogen-bond acceptors (Lipinski definition) is 2. The van der Waals surface area contributed by atoms with E-state index in [4.69, 9.17) is 11.6 Å². The van der Waals surface area contributed by atoms with Gasteiger partial charge in [-0.1, -0.05) is 29.8 Å². The van der Waals surface area contributed by atoms with Gasteiger partial charge in [0, 0.05) is 47.6 Å². The fraction of sp³-hybridized carbons (Fsp3) is 0.391. The van der Waals surface area contributed by atoms with Crippen LogP contribution in [0.3, 0.4) is 0 Å². The topological polar surface area (TPSA) is 53.9 Å². The molecule has 2 aromatic rings. The molecule has 29 heavy (non-hydrogen) atoms. The molecule has 2 amide bonds. The second-order valence-corrected chi connectivity index (χ2v) is 8.25. The molecule has 152 valence electrons.